The van der Waals surface area contributed by atoms with Crippen LogP contribution in [0.3, 0.4) is 0 Å². The molecule has 192 valence electrons. The second kappa shape index (κ2) is 10.8. The summed E-state index contributed by atoms with van der Waals surface area (Å²) in [6.45, 7) is 1.23. The lowest BCUT2D eigenvalue weighted by Gasteiger charge is -2.10. The van der Waals surface area contributed by atoms with Gasteiger partial charge in [0.05, 0.1) is 17.3 Å². The molecule has 0 fully saturated rings. The molecule has 0 radical (unpaired) electrons. The van der Waals surface area contributed by atoms with Gasteiger partial charge in [-0.25, -0.2) is 9.78 Å². The van der Waals surface area contributed by atoms with Gasteiger partial charge >= 0.3 is 12.1 Å². The third kappa shape index (κ3) is 6.15. The summed E-state index contributed by atoms with van der Waals surface area (Å²) in [5.41, 5.74) is -1.18. The maximum absolute atomic E-state index is 13.0. The molecular weight excluding hydrogens is 511 g/mol. The van der Waals surface area contributed by atoms with Crippen molar-refractivity contribution in [2.24, 2.45) is 0 Å². The van der Waals surface area contributed by atoms with Gasteiger partial charge < -0.3 is 14.8 Å². The molecule has 0 saturated carbocycles. The number of esters is 1. The summed E-state index contributed by atoms with van der Waals surface area (Å²) in [7, 11) is 0. The van der Waals surface area contributed by atoms with Crippen molar-refractivity contribution in [2.75, 3.05) is 18.5 Å². The van der Waals surface area contributed by atoms with E-state index in [0.717, 1.165) is 34.4 Å². The van der Waals surface area contributed by atoms with Gasteiger partial charge in [-0.2, -0.15) is 13.2 Å². The van der Waals surface area contributed by atoms with Crippen molar-refractivity contribution in [3.8, 4) is 5.75 Å². The van der Waals surface area contributed by atoms with Gasteiger partial charge in [0, 0.05) is 5.69 Å². The minimum absolute atomic E-state index is 0.00517. The number of amides is 1. The molecule has 8 nitrogen and oxygen atoms in total. The van der Waals surface area contributed by atoms with Crippen LogP contribution >= 0.6 is 11.3 Å². The molecule has 0 bridgehead atoms. The Hall–Kier alpha value is -4.19. The van der Waals surface area contributed by atoms with Crippen molar-refractivity contribution in [3.05, 3.63) is 87.3 Å². The first kappa shape index (κ1) is 25.9. The highest BCUT2D eigenvalue weighted by Gasteiger charge is 2.30. The van der Waals surface area contributed by atoms with E-state index in [1.807, 2.05) is 18.2 Å². The van der Waals surface area contributed by atoms with Gasteiger partial charge in [-0.1, -0.05) is 24.3 Å². The highest BCUT2D eigenvalue weighted by atomic mass is 32.1. The first-order valence-corrected chi connectivity index (χ1v) is 11.8. The number of hydrogen-bond acceptors (Lipinski definition) is 7. The third-order valence-electron chi connectivity index (χ3n) is 5.22. The molecule has 2 aromatic carbocycles. The SMILES string of the molecule is Cc1c(C(=O)OCCOc2ccccc2)sc2ncn(CC(=O)Nc3cccc(C(F)(F)F)c3)c(=O)c12. The van der Waals surface area contributed by atoms with E-state index in [2.05, 4.69) is 10.3 Å². The molecule has 4 aromatic rings. The Morgan fingerprint density at radius 2 is 1.84 bits per heavy atom. The molecule has 4 rings (SSSR count). The summed E-state index contributed by atoms with van der Waals surface area (Å²) < 4.78 is 50.5. The topological polar surface area (TPSA) is 99.5 Å². The molecule has 0 aliphatic heterocycles. The molecule has 0 unspecified atom stereocenters. The summed E-state index contributed by atoms with van der Waals surface area (Å²) >= 11 is 0.988. The van der Waals surface area contributed by atoms with Crippen LogP contribution in [0.2, 0.25) is 0 Å². The number of ether oxygens (including phenoxy) is 2. The van der Waals surface area contributed by atoms with Crippen molar-refractivity contribution in [1.29, 1.82) is 0 Å². The van der Waals surface area contributed by atoms with E-state index in [0.29, 0.717) is 16.1 Å². The maximum atomic E-state index is 13.0. The van der Waals surface area contributed by atoms with Crippen LogP contribution in [-0.4, -0.2) is 34.6 Å². The molecule has 1 amide bonds. The summed E-state index contributed by atoms with van der Waals surface area (Å²) in [5, 5.41) is 2.51. The Kier molecular flexibility index (Phi) is 7.58. The first-order chi connectivity index (χ1) is 17.6. The highest BCUT2D eigenvalue weighted by molar-refractivity contribution is 7.20. The zero-order chi connectivity index (χ0) is 26.6. The predicted molar refractivity (Wildman–Crippen MR) is 131 cm³/mol. The molecule has 1 N–H and O–H groups in total. The number of carbonyl (C=O) groups excluding carboxylic acids is 2. The van der Waals surface area contributed by atoms with Crippen LogP contribution in [0.15, 0.2) is 65.7 Å². The molecular formula is C25H20F3N3O5S. The van der Waals surface area contributed by atoms with Crippen LogP contribution in [0.4, 0.5) is 18.9 Å². The predicted octanol–water partition coefficient (Wildman–Crippen LogP) is 4.66. The molecule has 0 aliphatic rings. The number of alkyl halides is 3. The molecule has 0 spiro atoms. The number of fused-ring (bicyclic) bond motifs is 1. The number of halogens is 3. The summed E-state index contributed by atoms with van der Waals surface area (Å²) in [5.74, 6) is -0.711. The Bertz CT molecular complexity index is 1500. The second-order valence-corrected chi connectivity index (χ2v) is 8.84. The minimum Gasteiger partial charge on any atom is -0.490 e. The molecule has 12 heteroatoms. The van der Waals surface area contributed by atoms with Crippen LogP contribution in [0.1, 0.15) is 20.8 Å². The normalized spacial score (nSPS) is 11.4. The number of aromatic nitrogens is 2. The Labute approximate surface area is 212 Å². The molecule has 0 saturated heterocycles. The lowest BCUT2D eigenvalue weighted by molar-refractivity contribution is -0.137. The fourth-order valence-corrected chi connectivity index (χ4v) is 4.50. The highest BCUT2D eigenvalue weighted by Crippen LogP contribution is 2.31. The molecule has 2 heterocycles. The lowest BCUT2D eigenvalue weighted by atomic mass is 10.2. The zero-order valence-electron chi connectivity index (χ0n) is 19.4. The number of carbonyl (C=O) groups is 2. The van der Waals surface area contributed by atoms with Gasteiger partial charge in [-0.3, -0.25) is 14.2 Å². The number of benzene rings is 2. The largest absolute Gasteiger partial charge is 0.490 e. The third-order valence-corrected chi connectivity index (χ3v) is 6.40. The van der Waals surface area contributed by atoms with Crippen molar-refractivity contribution < 1.29 is 32.2 Å². The van der Waals surface area contributed by atoms with Gasteiger partial charge in [-0.15, -0.1) is 11.3 Å². The second-order valence-electron chi connectivity index (χ2n) is 7.84. The number of anilines is 1. The fourth-order valence-electron chi connectivity index (χ4n) is 3.47. The number of para-hydroxylation sites is 1. The smallest absolute Gasteiger partial charge is 0.416 e. The lowest BCUT2D eigenvalue weighted by Crippen LogP contribution is -2.28. The van der Waals surface area contributed by atoms with Gasteiger partial charge in [0.1, 0.15) is 35.2 Å². The van der Waals surface area contributed by atoms with Gasteiger partial charge in [0.2, 0.25) is 5.91 Å². The van der Waals surface area contributed by atoms with Crippen LogP contribution < -0.4 is 15.6 Å². The van der Waals surface area contributed by atoms with Gasteiger partial charge in [0.25, 0.3) is 5.56 Å². The average molecular weight is 532 g/mol. The zero-order valence-corrected chi connectivity index (χ0v) is 20.2. The summed E-state index contributed by atoms with van der Waals surface area (Å²) in [4.78, 5) is 42.7. The van der Waals surface area contributed by atoms with E-state index in [1.54, 1.807) is 19.1 Å². The Morgan fingerprint density at radius 1 is 1.08 bits per heavy atom. The number of rotatable bonds is 8. The van der Waals surface area contributed by atoms with E-state index in [1.165, 1.54) is 12.1 Å². The van der Waals surface area contributed by atoms with E-state index < -0.39 is 35.7 Å². The van der Waals surface area contributed by atoms with E-state index in [4.69, 9.17) is 9.47 Å². The molecule has 2 aromatic heterocycles. The van der Waals surface area contributed by atoms with Crippen LogP contribution in [0.25, 0.3) is 10.2 Å². The van der Waals surface area contributed by atoms with Crippen molar-refractivity contribution in [2.45, 2.75) is 19.6 Å². The molecule has 0 aliphatic carbocycles. The number of thiophene rings is 1. The van der Waals surface area contributed by atoms with Crippen LogP contribution in [0, 0.1) is 6.92 Å². The van der Waals surface area contributed by atoms with E-state index >= 15 is 0 Å². The summed E-state index contributed by atoms with van der Waals surface area (Å²) in [6, 6.07) is 13.2. The van der Waals surface area contributed by atoms with Crippen molar-refractivity contribution in [1.82, 2.24) is 9.55 Å². The summed E-state index contributed by atoms with van der Waals surface area (Å²) in [6.07, 6.45) is -3.41. The Morgan fingerprint density at radius 3 is 2.57 bits per heavy atom. The quantitative estimate of drug-likeness (QED) is 0.262. The molecule has 0 atom stereocenters. The van der Waals surface area contributed by atoms with Crippen LogP contribution in [-0.2, 0) is 22.3 Å². The first-order valence-electron chi connectivity index (χ1n) is 10.9. The molecule has 37 heavy (non-hydrogen) atoms. The van der Waals surface area contributed by atoms with Crippen molar-refractivity contribution >= 4 is 39.1 Å². The van der Waals surface area contributed by atoms with E-state index in [9.17, 15) is 27.6 Å². The standard InChI is InChI=1S/C25H20F3N3O5S/c1-15-20-22(37-21(15)24(34)36-11-10-35-18-8-3-2-4-9-18)29-14-31(23(20)33)13-19(32)30-17-7-5-6-16(12-17)25(26,27)28/h2-9,12,14H,10-11,13H2,1H3,(H,30,32). The number of hydrogen-bond donors (Lipinski definition) is 1. The van der Waals surface area contributed by atoms with E-state index in [-0.39, 0.29) is 29.2 Å². The minimum atomic E-state index is -4.56. The number of nitrogens with zero attached hydrogens (tertiary/aromatic N) is 2. The van der Waals surface area contributed by atoms with Crippen molar-refractivity contribution in [3.63, 3.8) is 0 Å². The van der Waals surface area contributed by atoms with Gasteiger partial charge in [-0.05, 0) is 42.8 Å². The Balaban J connectivity index is 1.43. The maximum Gasteiger partial charge on any atom is 0.416 e. The van der Waals surface area contributed by atoms with Crippen LogP contribution in [0.5, 0.6) is 5.75 Å². The number of aryl methyl sites for hydroxylation is 1. The monoisotopic (exact) mass is 531 g/mol. The average Bonchev–Trinajstić information content (AvgIpc) is 3.21. The fraction of sp³-hybridized carbons (Fsp3) is 0.200. The van der Waals surface area contributed by atoms with Gasteiger partial charge in [0.15, 0.2) is 0 Å². The number of nitrogens with one attached hydrogen (secondary N) is 1.